The monoisotopic (exact) mass is 364 g/mol. The molecule has 0 N–H and O–H groups in total. The standard InChI is InChI=1S/C23H24O4/c1-16(2)22(24)26-15-20-9-5-7-18(13-20)11-12-19-8-6-10-21(14-19)27-23(25)17(3)4/h5-10,13-14H,1,3,11-12,15H2,2,4H3. The summed E-state index contributed by atoms with van der Waals surface area (Å²) in [5, 5.41) is 0. The summed E-state index contributed by atoms with van der Waals surface area (Å²) < 4.78 is 10.5. The second-order valence-electron chi connectivity index (χ2n) is 6.49. The van der Waals surface area contributed by atoms with Gasteiger partial charge < -0.3 is 9.47 Å². The Labute approximate surface area is 160 Å². The van der Waals surface area contributed by atoms with Gasteiger partial charge in [0.1, 0.15) is 12.4 Å². The quantitative estimate of drug-likeness (QED) is 0.391. The molecule has 0 amide bonds. The maximum Gasteiger partial charge on any atom is 0.338 e. The molecule has 0 aliphatic rings. The van der Waals surface area contributed by atoms with Crippen LogP contribution in [0.2, 0.25) is 0 Å². The summed E-state index contributed by atoms with van der Waals surface area (Å²) in [7, 11) is 0. The molecule has 0 aliphatic heterocycles. The fourth-order valence-electron chi connectivity index (χ4n) is 2.39. The average Bonchev–Trinajstić information content (AvgIpc) is 2.65. The predicted molar refractivity (Wildman–Crippen MR) is 105 cm³/mol. The van der Waals surface area contributed by atoms with E-state index < -0.39 is 5.97 Å². The predicted octanol–water partition coefficient (Wildman–Crippen LogP) is 4.57. The largest absolute Gasteiger partial charge is 0.457 e. The van der Waals surface area contributed by atoms with Crippen molar-refractivity contribution >= 4 is 11.9 Å². The van der Waals surface area contributed by atoms with E-state index in [2.05, 4.69) is 13.2 Å². The van der Waals surface area contributed by atoms with Gasteiger partial charge in [-0.2, -0.15) is 0 Å². The lowest BCUT2D eigenvalue weighted by molar-refractivity contribution is -0.140. The Morgan fingerprint density at radius 3 is 2.00 bits per heavy atom. The van der Waals surface area contributed by atoms with E-state index in [0.717, 1.165) is 29.5 Å². The highest BCUT2D eigenvalue weighted by molar-refractivity contribution is 5.88. The molecule has 0 saturated heterocycles. The number of carbonyl (C=O) groups excluding carboxylic acids is 2. The molecule has 0 aromatic heterocycles. The Kier molecular flexibility index (Phi) is 7.12. The van der Waals surface area contributed by atoms with Crippen LogP contribution in [0, 0.1) is 0 Å². The average molecular weight is 364 g/mol. The summed E-state index contributed by atoms with van der Waals surface area (Å²) in [6.07, 6.45) is 1.62. The highest BCUT2D eigenvalue weighted by atomic mass is 16.5. The van der Waals surface area contributed by atoms with Crippen molar-refractivity contribution in [3.8, 4) is 5.75 Å². The van der Waals surface area contributed by atoms with E-state index in [1.54, 1.807) is 19.9 Å². The Balaban J connectivity index is 1.95. The highest BCUT2D eigenvalue weighted by Crippen LogP contribution is 2.17. The smallest absolute Gasteiger partial charge is 0.338 e. The van der Waals surface area contributed by atoms with Crippen LogP contribution in [-0.2, 0) is 33.8 Å². The number of esters is 2. The molecule has 0 unspecified atom stereocenters. The minimum absolute atomic E-state index is 0.228. The third-order valence-corrected chi connectivity index (χ3v) is 3.87. The summed E-state index contributed by atoms with van der Waals surface area (Å²) in [6, 6.07) is 15.4. The minimum atomic E-state index is -0.427. The fraction of sp³-hybridized carbons (Fsp3) is 0.217. The van der Waals surface area contributed by atoms with Crippen molar-refractivity contribution in [1.29, 1.82) is 0 Å². The molecule has 2 aromatic rings. The van der Waals surface area contributed by atoms with Gasteiger partial charge in [0.05, 0.1) is 0 Å². The molecule has 0 spiro atoms. The number of benzene rings is 2. The zero-order chi connectivity index (χ0) is 19.8. The molecule has 4 nitrogen and oxygen atoms in total. The molecule has 0 atom stereocenters. The van der Waals surface area contributed by atoms with E-state index in [-0.39, 0.29) is 12.6 Å². The van der Waals surface area contributed by atoms with Crippen molar-refractivity contribution in [2.75, 3.05) is 0 Å². The molecular formula is C23H24O4. The van der Waals surface area contributed by atoms with Crippen molar-refractivity contribution in [2.24, 2.45) is 0 Å². The number of carbonyl (C=O) groups is 2. The van der Waals surface area contributed by atoms with Crippen LogP contribution in [0.15, 0.2) is 72.8 Å². The Bertz CT molecular complexity index is 864. The topological polar surface area (TPSA) is 52.6 Å². The number of rotatable bonds is 8. The molecule has 4 heteroatoms. The summed E-state index contributed by atoms with van der Waals surface area (Å²) in [6.45, 7) is 10.6. The van der Waals surface area contributed by atoms with E-state index in [0.29, 0.717) is 16.9 Å². The van der Waals surface area contributed by atoms with Crippen LogP contribution in [0.5, 0.6) is 5.75 Å². The SMILES string of the molecule is C=C(C)C(=O)OCc1cccc(CCc2cccc(OC(=O)C(=C)C)c2)c1. The van der Waals surface area contributed by atoms with Gasteiger partial charge in [-0.3, -0.25) is 0 Å². The molecular weight excluding hydrogens is 340 g/mol. The summed E-state index contributed by atoms with van der Waals surface area (Å²) in [5.74, 6) is -0.299. The first-order valence-electron chi connectivity index (χ1n) is 8.72. The lowest BCUT2D eigenvalue weighted by Gasteiger charge is -2.08. The Hall–Kier alpha value is -3.14. The molecule has 27 heavy (non-hydrogen) atoms. The molecule has 0 radical (unpaired) electrons. The molecule has 2 rings (SSSR count). The van der Waals surface area contributed by atoms with Gasteiger partial charge in [-0.15, -0.1) is 0 Å². The van der Waals surface area contributed by atoms with Crippen LogP contribution in [0.3, 0.4) is 0 Å². The van der Waals surface area contributed by atoms with Gasteiger partial charge in [-0.05, 0) is 55.5 Å². The third kappa shape index (κ3) is 6.59. The van der Waals surface area contributed by atoms with E-state index in [9.17, 15) is 9.59 Å². The lowest BCUT2D eigenvalue weighted by Crippen LogP contribution is -2.08. The lowest BCUT2D eigenvalue weighted by atomic mass is 10.0. The number of aryl methyl sites for hydroxylation is 2. The van der Waals surface area contributed by atoms with Gasteiger partial charge >= 0.3 is 11.9 Å². The maximum atomic E-state index is 11.6. The summed E-state index contributed by atoms with van der Waals surface area (Å²) >= 11 is 0. The summed E-state index contributed by atoms with van der Waals surface area (Å²) in [5.41, 5.74) is 3.90. The van der Waals surface area contributed by atoms with Crippen LogP contribution < -0.4 is 4.74 Å². The van der Waals surface area contributed by atoms with Gasteiger partial charge in [-0.1, -0.05) is 49.6 Å². The van der Waals surface area contributed by atoms with Crippen molar-refractivity contribution in [3.63, 3.8) is 0 Å². The van der Waals surface area contributed by atoms with E-state index in [4.69, 9.17) is 9.47 Å². The van der Waals surface area contributed by atoms with Crippen molar-refractivity contribution < 1.29 is 19.1 Å². The van der Waals surface area contributed by atoms with Crippen LogP contribution in [-0.4, -0.2) is 11.9 Å². The highest BCUT2D eigenvalue weighted by Gasteiger charge is 2.07. The summed E-state index contributed by atoms with van der Waals surface area (Å²) in [4.78, 5) is 23.1. The van der Waals surface area contributed by atoms with Crippen LogP contribution in [0.4, 0.5) is 0 Å². The fourth-order valence-corrected chi connectivity index (χ4v) is 2.39. The van der Waals surface area contributed by atoms with Crippen LogP contribution in [0.25, 0.3) is 0 Å². The normalized spacial score (nSPS) is 10.1. The number of hydrogen-bond donors (Lipinski definition) is 0. The second-order valence-corrected chi connectivity index (χ2v) is 6.49. The molecule has 0 heterocycles. The van der Waals surface area contributed by atoms with E-state index >= 15 is 0 Å². The first-order valence-corrected chi connectivity index (χ1v) is 8.72. The van der Waals surface area contributed by atoms with Gasteiger partial charge in [0.15, 0.2) is 0 Å². The zero-order valence-electron chi connectivity index (χ0n) is 15.8. The number of hydrogen-bond acceptors (Lipinski definition) is 4. The first kappa shape index (κ1) is 20.2. The second kappa shape index (κ2) is 9.53. The van der Waals surface area contributed by atoms with Gasteiger partial charge in [0.25, 0.3) is 0 Å². The van der Waals surface area contributed by atoms with E-state index in [1.807, 2.05) is 42.5 Å². The molecule has 0 fully saturated rings. The van der Waals surface area contributed by atoms with Crippen molar-refractivity contribution in [3.05, 3.63) is 89.5 Å². The molecule has 140 valence electrons. The first-order chi connectivity index (χ1) is 12.8. The Morgan fingerprint density at radius 1 is 0.815 bits per heavy atom. The minimum Gasteiger partial charge on any atom is -0.457 e. The third-order valence-electron chi connectivity index (χ3n) is 3.87. The van der Waals surface area contributed by atoms with Crippen LogP contribution >= 0.6 is 0 Å². The zero-order valence-corrected chi connectivity index (χ0v) is 15.8. The molecule has 0 saturated carbocycles. The van der Waals surface area contributed by atoms with Gasteiger partial charge in [-0.25, -0.2) is 9.59 Å². The molecule has 0 aliphatic carbocycles. The van der Waals surface area contributed by atoms with Crippen molar-refractivity contribution in [2.45, 2.75) is 33.3 Å². The number of ether oxygens (including phenoxy) is 2. The molecule has 0 bridgehead atoms. The van der Waals surface area contributed by atoms with Crippen LogP contribution in [0.1, 0.15) is 30.5 Å². The van der Waals surface area contributed by atoms with Crippen molar-refractivity contribution in [1.82, 2.24) is 0 Å². The molecule has 2 aromatic carbocycles. The maximum absolute atomic E-state index is 11.6. The van der Waals surface area contributed by atoms with Gasteiger partial charge in [0.2, 0.25) is 0 Å². The Morgan fingerprint density at radius 2 is 1.37 bits per heavy atom. The van der Waals surface area contributed by atoms with Gasteiger partial charge in [0, 0.05) is 11.1 Å². The van der Waals surface area contributed by atoms with E-state index in [1.165, 1.54) is 0 Å².